The first-order valence-electron chi connectivity index (χ1n) is 8.15. The number of benzene rings is 2. The van der Waals surface area contributed by atoms with E-state index in [1.165, 1.54) is 20.1 Å². The third-order valence-electron chi connectivity index (χ3n) is 3.65. The van der Waals surface area contributed by atoms with Gasteiger partial charge < -0.3 is 19.9 Å². The lowest BCUT2D eigenvalue weighted by Gasteiger charge is -2.11. The third-order valence-corrected chi connectivity index (χ3v) is 4.18. The van der Waals surface area contributed by atoms with Gasteiger partial charge in [0.15, 0.2) is 11.5 Å². The van der Waals surface area contributed by atoms with Gasteiger partial charge in [0.25, 0.3) is 0 Å². The van der Waals surface area contributed by atoms with E-state index in [1.807, 2.05) is 24.3 Å². The van der Waals surface area contributed by atoms with Crippen LogP contribution in [0.25, 0.3) is 6.08 Å². The van der Waals surface area contributed by atoms with Crippen molar-refractivity contribution in [2.24, 2.45) is 0 Å². The average Bonchev–Trinajstić information content (AvgIpc) is 2.66. The fourth-order valence-electron chi connectivity index (χ4n) is 2.14. The topological polar surface area (TPSA) is 84.9 Å². The van der Waals surface area contributed by atoms with Crippen LogP contribution in [0.15, 0.2) is 53.0 Å². The zero-order valence-corrected chi connectivity index (χ0v) is 16.5. The molecule has 1 atom stereocenters. The van der Waals surface area contributed by atoms with E-state index in [-0.39, 0.29) is 0 Å². The number of nitrogens with one attached hydrogen (secondary N) is 1. The molecular weight excluding hydrogens is 414 g/mol. The monoisotopic (exact) mass is 433 g/mol. The molecule has 0 radical (unpaired) electrons. The number of methoxy groups -OCH3 is 1. The largest absolute Gasteiger partial charge is 0.493 e. The van der Waals surface area contributed by atoms with Gasteiger partial charge in [-0.3, -0.25) is 9.59 Å². The molecule has 0 aliphatic carbocycles. The Morgan fingerprint density at radius 1 is 1.19 bits per heavy atom. The maximum Gasteiger partial charge on any atom is 0.325 e. The number of aliphatic carboxylic acids is 1. The first-order valence-corrected chi connectivity index (χ1v) is 8.95. The zero-order chi connectivity index (χ0) is 19.8. The van der Waals surface area contributed by atoms with Crippen molar-refractivity contribution < 1.29 is 24.2 Å². The van der Waals surface area contributed by atoms with Crippen LogP contribution in [-0.4, -0.2) is 30.1 Å². The summed E-state index contributed by atoms with van der Waals surface area (Å²) in [5, 5.41) is 11.1. The third kappa shape index (κ3) is 6.45. The summed E-state index contributed by atoms with van der Waals surface area (Å²) in [5.41, 5.74) is 1.74. The quantitative estimate of drug-likeness (QED) is 0.620. The van der Waals surface area contributed by atoms with E-state index in [2.05, 4.69) is 21.2 Å². The lowest BCUT2D eigenvalue weighted by molar-refractivity contribution is -0.140. The van der Waals surface area contributed by atoms with Crippen LogP contribution in [0.2, 0.25) is 0 Å². The Morgan fingerprint density at radius 2 is 1.89 bits per heavy atom. The number of carboxylic acids is 1. The molecule has 27 heavy (non-hydrogen) atoms. The van der Waals surface area contributed by atoms with Gasteiger partial charge in [0, 0.05) is 10.5 Å². The van der Waals surface area contributed by atoms with Gasteiger partial charge in [-0.25, -0.2) is 0 Å². The number of rotatable bonds is 8. The Morgan fingerprint density at radius 3 is 2.52 bits per heavy atom. The normalized spacial score (nSPS) is 11.8. The van der Waals surface area contributed by atoms with Crippen LogP contribution < -0.4 is 14.8 Å². The highest BCUT2D eigenvalue weighted by atomic mass is 79.9. The SMILES string of the molecule is COc1cc(/C=C/C(=O)N[C@@H](C)C(=O)O)ccc1OCc1ccc(Br)cc1. The van der Waals surface area contributed by atoms with E-state index in [0.717, 1.165) is 15.6 Å². The van der Waals surface area contributed by atoms with Gasteiger partial charge in [0.2, 0.25) is 5.91 Å². The van der Waals surface area contributed by atoms with Gasteiger partial charge in [0.1, 0.15) is 12.6 Å². The standard InChI is InChI=1S/C20H20BrNO5/c1-13(20(24)25)22-19(23)10-6-14-5-9-17(18(11-14)26-2)27-12-15-3-7-16(21)8-4-15/h3-11,13H,12H2,1-2H3,(H,22,23)(H,24,25)/b10-6+/t13-/m0/s1. The molecule has 1 amide bonds. The van der Waals surface area contributed by atoms with Crippen LogP contribution in [0.4, 0.5) is 0 Å². The molecule has 2 N–H and O–H groups in total. The molecule has 0 aliphatic heterocycles. The molecule has 0 spiro atoms. The van der Waals surface area contributed by atoms with Gasteiger partial charge in [0.05, 0.1) is 7.11 Å². The molecule has 0 aromatic heterocycles. The number of ether oxygens (including phenoxy) is 2. The minimum absolute atomic E-state index is 0.397. The van der Waals surface area contributed by atoms with Crippen LogP contribution >= 0.6 is 15.9 Å². The molecule has 2 aromatic rings. The number of halogens is 1. The van der Waals surface area contributed by atoms with E-state index >= 15 is 0 Å². The molecule has 142 valence electrons. The summed E-state index contributed by atoms with van der Waals surface area (Å²) in [6, 6.07) is 12.1. The maximum absolute atomic E-state index is 11.7. The van der Waals surface area contributed by atoms with Crippen LogP contribution in [0.1, 0.15) is 18.1 Å². The Hall–Kier alpha value is -2.80. The lowest BCUT2D eigenvalue weighted by Crippen LogP contribution is -2.37. The van der Waals surface area contributed by atoms with Gasteiger partial charge in [-0.05, 0) is 48.4 Å². The van der Waals surface area contributed by atoms with E-state index in [0.29, 0.717) is 18.1 Å². The van der Waals surface area contributed by atoms with E-state index in [4.69, 9.17) is 14.6 Å². The number of carbonyl (C=O) groups is 2. The molecule has 0 saturated carbocycles. The highest BCUT2D eigenvalue weighted by Crippen LogP contribution is 2.29. The second-order valence-corrected chi connectivity index (χ2v) is 6.64. The zero-order valence-electron chi connectivity index (χ0n) is 14.9. The van der Waals surface area contributed by atoms with E-state index < -0.39 is 17.9 Å². The minimum atomic E-state index is -1.09. The molecule has 2 rings (SSSR count). The van der Waals surface area contributed by atoms with Gasteiger partial charge in [-0.15, -0.1) is 0 Å². The second-order valence-electron chi connectivity index (χ2n) is 5.73. The van der Waals surface area contributed by atoms with Crippen molar-refractivity contribution in [2.75, 3.05) is 7.11 Å². The molecule has 0 aliphatic rings. The number of hydrogen-bond acceptors (Lipinski definition) is 4. The van der Waals surface area contributed by atoms with Gasteiger partial charge in [-0.1, -0.05) is 34.1 Å². The fraction of sp³-hybridized carbons (Fsp3) is 0.200. The summed E-state index contributed by atoms with van der Waals surface area (Å²) < 4.78 is 12.2. The van der Waals surface area contributed by atoms with Gasteiger partial charge >= 0.3 is 5.97 Å². The predicted molar refractivity (Wildman–Crippen MR) is 106 cm³/mol. The highest BCUT2D eigenvalue weighted by molar-refractivity contribution is 9.10. The highest BCUT2D eigenvalue weighted by Gasteiger charge is 2.12. The lowest BCUT2D eigenvalue weighted by atomic mass is 10.2. The fourth-order valence-corrected chi connectivity index (χ4v) is 2.41. The first-order chi connectivity index (χ1) is 12.9. The summed E-state index contributed by atoms with van der Waals surface area (Å²) in [4.78, 5) is 22.5. The van der Waals surface area contributed by atoms with Crippen LogP contribution in [0.5, 0.6) is 11.5 Å². The van der Waals surface area contributed by atoms with Gasteiger partial charge in [-0.2, -0.15) is 0 Å². The summed E-state index contributed by atoms with van der Waals surface area (Å²) in [6.45, 7) is 1.79. The number of hydrogen-bond donors (Lipinski definition) is 2. The van der Waals surface area contributed by atoms with Crippen molar-refractivity contribution in [3.8, 4) is 11.5 Å². The molecule has 0 fully saturated rings. The molecule has 0 bridgehead atoms. The van der Waals surface area contributed by atoms with Crippen LogP contribution in [-0.2, 0) is 16.2 Å². The van der Waals surface area contributed by atoms with Crippen molar-refractivity contribution in [1.29, 1.82) is 0 Å². The van der Waals surface area contributed by atoms with Crippen LogP contribution in [0.3, 0.4) is 0 Å². The summed E-state index contributed by atoms with van der Waals surface area (Å²) in [7, 11) is 1.54. The summed E-state index contributed by atoms with van der Waals surface area (Å²) in [5.74, 6) is -0.458. The average molecular weight is 434 g/mol. The van der Waals surface area contributed by atoms with Crippen molar-refractivity contribution in [3.05, 3.63) is 64.1 Å². The van der Waals surface area contributed by atoms with Crippen molar-refractivity contribution >= 4 is 33.9 Å². The van der Waals surface area contributed by atoms with E-state index in [9.17, 15) is 9.59 Å². The van der Waals surface area contributed by atoms with Crippen molar-refractivity contribution in [1.82, 2.24) is 5.32 Å². The number of carboxylic acid groups (broad SMARTS) is 1. The smallest absolute Gasteiger partial charge is 0.325 e. The molecule has 0 unspecified atom stereocenters. The maximum atomic E-state index is 11.7. The Labute approximate surface area is 165 Å². The molecule has 0 heterocycles. The molecule has 0 saturated heterocycles. The summed E-state index contributed by atoms with van der Waals surface area (Å²) >= 11 is 3.39. The van der Waals surface area contributed by atoms with E-state index in [1.54, 1.807) is 24.3 Å². The van der Waals surface area contributed by atoms with Crippen LogP contribution in [0, 0.1) is 0 Å². The second kappa shape index (κ2) is 9.78. The Bertz CT molecular complexity index is 833. The van der Waals surface area contributed by atoms with Crippen molar-refractivity contribution in [2.45, 2.75) is 19.6 Å². The Kier molecular flexibility index (Phi) is 7.43. The minimum Gasteiger partial charge on any atom is -0.493 e. The summed E-state index contributed by atoms with van der Waals surface area (Å²) in [6.07, 6.45) is 2.85. The predicted octanol–water partition coefficient (Wildman–Crippen LogP) is 3.64. The molecule has 2 aromatic carbocycles. The number of carbonyl (C=O) groups excluding carboxylic acids is 1. The molecular formula is C20H20BrNO5. The first kappa shape index (κ1) is 20.5. The molecule has 6 nitrogen and oxygen atoms in total. The molecule has 7 heteroatoms. The number of amides is 1. The Balaban J connectivity index is 2.02. The van der Waals surface area contributed by atoms with Crippen molar-refractivity contribution in [3.63, 3.8) is 0 Å².